The summed E-state index contributed by atoms with van der Waals surface area (Å²) >= 11 is 1.34. The van der Waals surface area contributed by atoms with E-state index in [4.69, 9.17) is 9.47 Å². The summed E-state index contributed by atoms with van der Waals surface area (Å²) in [6.45, 7) is 0.0341. The van der Waals surface area contributed by atoms with Crippen LogP contribution in [0.15, 0.2) is 48.5 Å². The number of alkyl halides is 3. The highest BCUT2D eigenvalue weighted by Gasteiger charge is 2.31. The zero-order valence-corrected chi connectivity index (χ0v) is 17.3. The molecule has 30 heavy (non-hydrogen) atoms. The van der Waals surface area contributed by atoms with Crippen molar-refractivity contribution in [3.63, 3.8) is 0 Å². The van der Waals surface area contributed by atoms with Gasteiger partial charge >= 0.3 is 6.18 Å². The van der Waals surface area contributed by atoms with Crippen LogP contribution < -0.4 is 10.1 Å². The summed E-state index contributed by atoms with van der Waals surface area (Å²) in [5, 5.41) is 1.74. The van der Waals surface area contributed by atoms with Gasteiger partial charge in [-0.3, -0.25) is 14.9 Å². The van der Waals surface area contributed by atoms with Crippen molar-refractivity contribution >= 4 is 24.1 Å². The number of ether oxygens (including phenoxy) is 2. The van der Waals surface area contributed by atoms with Crippen molar-refractivity contribution in [2.24, 2.45) is 0 Å². The van der Waals surface area contributed by atoms with Gasteiger partial charge in [-0.2, -0.15) is 24.9 Å². The Hall–Kier alpha value is -2.52. The van der Waals surface area contributed by atoms with Gasteiger partial charge in [-0.1, -0.05) is 24.3 Å². The molecule has 0 aromatic heterocycles. The molecule has 0 bridgehead atoms. The number of rotatable bonds is 10. The van der Waals surface area contributed by atoms with Gasteiger partial charge in [-0.15, -0.1) is 0 Å². The van der Waals surface area contributed by atoms with E-state index in [0.717, 1.165) is 17.7 Å². The molecule has 162 valence electrons. The molecular weight excluding hydrogens is 419 g/mol. The normalized spacial score (nSPS) is 13.4. The highest BCUT2D eigenvalue weighted by Crippen LogP contribution is 2.31. The van der Waals surface area contributed by atoms with Gasteiger partial charge in [0.05, 0.1) is 10.8 Å². The number of hydrogen-bond donors (Lipinski definition) is 1. The molecule has 0 aliphatic carbocycles. The van der Waals surface area contributed by atoms with Gasteiger partial charge in [0.1, 0.15) is 18.5 Å². The van der Waals surface area contributed by atoms with Gasteiger partial charge in [-0.05, 0) is 48.1 Å². The predicted molar refractivity (Wildman–Crippen MR) is 108 cm³/mol. The van der Waals surface area contributed by atoms with E-state index in [1.807, 2.05) is 0 Å². The van der Waals surface area contributed by atoms with Crippen molar-refractivity contribution < 1.29 is 32.2 Å². The lowest BCUT2D eigenvalue weighted by atomic mass is 10.1. The van der Waals surface area contributed by atoms with E-state index in [9.17, 15) is 22.8 Å². The first-order chi connectivity index (χ1) is 14.3. The number of halogens is 3. The Kier molecular flexibility index (Phi) is 8.73. The van der Waals surface area contributed by atoms with Crippen LogP contribution in [-0.4, -0.2) is 37.5 Å². The standard InChI is InChI=1S/C21H22F3NO4S/c1-28-18(15-4-3-5-16(11-15)21(22,23)24)12-29-17-8-6-14(7-9-17)10-19(30-2)20(27)25-13-26/h3-9,11,13,18-19H,10,12H2,1-2H3,(H,25,26,27). The van der Waals surface area contributed by atoms with E-state index in [2.05, 4.69) is 5.32 Å². The van der Waals surface area contributed by atoms with Crippen molar-refractivity contribution in [1.29, 1.82) is 0 Å². The SMILES string of the molecule is COC(COc1ccc(CC(SC)C(=O)NC=O)cc1)c1cccc(C(F)(F)F)c1. The Bertz CT molecular complexity index is 843. The molecule has 0 aliphatic heterocycles. The first-order valence-corrected chi connectivity index (χ1v) is 10.3. The molecule has 1 N–H and O–H groups in total. The molecule has 0 heterocycles. The first kappa shape index (κ1) is 23.8. The second-order valence-corrected chi connectivity index (χ2v) is 7.40. The number of hydrogen-bond acceptors (Lipinski definition) is 5. The van der Waals surface area contributed by atoms with Gasteiger partial charge in [0, 0.05) is 7.11 Å². The van der Waals surface area contributed by atoms with Crippen LogP contribution in [0.2, 0.25) is 0 Å². The fourth-order valence-corrected chi connectivity index (χ4v) is 3.40. The Morgan fingerprint density at radius 2 is 1.90 bits per heavy atom. The molecule has 0 spiro atoms. The Morgan fingerprint density at radius 1 is 1.20 bits per heavy atom. The third-order valence-corrected chi connectivity index (χ3v) is 5.34. The number of benzene rings is 2. The molecule has 2 unspecified atom stereocenters. The molecule has 0 saturated heterocycles. The summed E-state index contributed by atoms with van der Waals surface area (Å²) in [4.78, 5) is 22.2. The molecule has 0 fully saturated rings. The van der Waals surface area contributed by atoms with Crippen LogP contribution in [0.25, 0.3) is 0 Å². The number of imide groups is 1. The highest BCUT2D eigenvalue weighted by atomic mass is 32.2. The highest BCUT2D eigenvalue weighted by molar-refractivity contribution is 7.99. The molecule has 5 nitrogen and oxygen atoms in total. The summed E-state index contributed by atoms with van der Waals surface area (Å²) in [5.41, 5.74) is 0.505. The molecule has 2 aromatic carbocycles. The number of methoxy groups -OCH3 is 1. The second-order valence-electron chi connectivity index (χ2n) is 6.36. The Balaban J connectivity index is 2.00. The van der Waals surface area contributed by atoms with E-state index < -0.39 is 23.1 Å². The predicted octanol–water partition coefficient (Wildman–Crippen LogP) is 4.02. The lowest BCUT2D eigenvalue weighted by molar-refractivity contribution is -0.137. The third kappa shape index (κ3) is 6.77. The lowest BCUT2D eigenvalue weighted by Crippen LogP contribution is -2.32. The van der Waals surface area contributed by atoms with Crippen molar-refractivity contribution in [1.82, 2.24) is 5.32 Å². The molecule has 0 radical (unpaired) electrons. The zero-order chi connectivity index (χ0) is 22.1. The maximum atomic E-state index is 12.9. The topological polar surface area (TPSA) is 64.6 Å². The molecule has 9 heteroatoms. The van der Waals surface area contributed by atoms with E-state index in [-0.39, 0.29) is 12.5 Å². The van der Waals surface area contributed by atoms with Gasteiger partial charge in [0.15, 0.2) is 0 Å². The van der Waals surface area contributed by atoms with E-state index in [1.54, 1.807) is 36.6 Å². The van der Waals surface area contributed by atoms with Crippen molar-refractivity contribution in [3.8, 4) is 5.75 Å². The maximum Gasteiger partial charge on any atom is 0.416 e. The third-order valence-electron chi connectivity index (χ3n) is 4.39. The summed E-state index contributed by atoms with van der Waals surface area (Å²) in [7, 11) is 1.41. The molecule has 2 aromatic rings. The zero-order valence-electron chi connectivity index (χ0n) is 16.4. The lowest BCUT2D eigenvalue weighted by Gasteiger charge is -2.18. The molecule has 2 atom stereocenters. The van der Waals surface area contributed by atoms with Crippen LogP contribution in [-0.2, 0) is 26.9 Å². The van der Waals surface area contributed by atoms with Crippen LogP contribution in [0.1, 0.15) is 22.8 Å². The summed E-state index contributed by atoms with van der Waals surface area (Å²) in [6.07, 6.45) is -2.52. The Morgan fingerprint density at radius 3 is 2.47 bits per heavy atom. The molecular formula is C21H22F3NO4S. The van der Waals surface area contributed by atoms with Gasteiger partial charge in [-0.25, -0.2) is 0 Å². The minimum absolute atomic E-state index is 0.0341. The number of nitrogens with one attached hydrogen (secondary N) is 1. The average Bonchev–Trinajstić information content (AvgIpc) is 2.73. The molecule has 0 aliphatic rings. The fraction of sp³-hybridized carbons (Fsp3) is 0.333. The largest absolute Gasteiger partial charge is 0.491 e. The molecule has 0 saturated carbocycles. The quantitative estimate of drug-likeness (QED) is 0.565. The van der Waals surface area contributed by atoms with Crippen LogP contribution in [0.3, 0.4) is 0 Å². The van der Waals surface area contributed by atoms with Crippen molar-refractivity contribution in [2.45, 2.75) is 24.0 Å². The minimum Gasteiger partial charge on any atom is -0.491 e. The van der Waals surface area contributed by atoms with Crippen molar-refractivity contribution in [2.75, 3.05) is 20.0 Å². The number of carbonyl (C=O) groups is 2. The van der Waals surface area contributed by atoms with E-state index >= 15 is 0 Å². The average molecular weight is 441 g/mol. The van der Waals surface area contributed by atoms with Crippen LogP contribution in [0.4, 0.5) is 13.2 Å². The molecule has 2 rings (SSSR count). The number of carbonyl (C=O) groups excluding carboxylic acids is 2. The van der Waals surface area contributed by atoms with E-state index in [1.165, 1.54) is 24.9 Å². The summed E-state index contributed by atoms with van der Waals surface area (Å²) in [5.74, 6) is 0.160. The minimum atomic E-state index is -4.43. The number of amides is 2. The Labute approximate surface area is 176 Å². The van der Waals surface area contributed by atoms with Gasteiger partial charge in [0.25, 0.3) is 0 Å². The van der Waals surface area contributed by atoms with Crippen LogP contribution in [0.5, 0.6) is 5.75 Å². The fourth-order valence-electron chi connectivity index (χ4n) is 2.76. The first-order valence-electron chi connectivity index (χ1n) is 8.97. The second kappa shape index (κ2) is 11.0. The summed E-state index contributed by atoms with van der Waals surface area (Å²) in [6, 6.07) is 12.0. The van der Waals surface area contributed by atoms with Crippen molar-refractivity contribution in [3.05, 3.63) is 65.2 Å². The smallest absolute Gasteiger partial charge is 0.416 e. The molecule has 2 amide bonds. The van der Waals surface area contributed by atoms with Crippen LogP contribution >= 0.6 is 11.8 Å². The van der Waals surface area contributed by atoms with Gasteiger partial charge < -0.3 is 9.47 Å². The number of thioether (sulfide) groups is 1. The summed E-state index contributed by atoms with van der Waals surface area (Å²) < 4.78 is 49.7. The van der Waals surface area contributed by atoms with Crippen LogP contribution in [0, 0.1) is 0 Å². The van der Waals surface area contributed by atoms with Gasteiger partial charge in [0.2, 0.25) is 12.3 Å². The van der Waals surface area contributed by atoms with E-state index in [0.29, 0.717) is 24.1 Å². The monoisotopic (exact) mass is 441 g/mol. The maximum absolute atomic E-state index is 12.9.